The Morgan fingerprint density at radius 2 is 1.60 bits per heavy atom. The maximum absolute atomic E-state index is 5.96. The Labute approximate surface area is 153 Å². The zero-order valence-corrected chi connectivity index (χ0v) is 14.7. The van der Waals surface area contributed by atoms with Crippen LogP contribution >= 0.6 is 12.4 Å². The van der Waals surface area contributed by atoms with Crippen molar-refractivity contribution in [1.82, 2.24) is 4.90 Å². The molecule has 0 bridgehead atoms. The van der Waals surface area contributed by atoms with E-state index in [0.29, 0.717) is 17.4 Å². The summed E-state index contributed by atoms with van der Waals surface area (Å²) in [5, 5.41) is 0. The van der Waals surface area contributed by atoms with E-state index in [1.807, 2.05) is 53.4 Å². The molecule has 0 radical (unpaired) electrons. The first kappa shape index (κ1) is 18.6. The van der Waals surface area contributed by atoms with Crippen LogP contribution in [0.4, 0.5) is 5.69 Å². The molecule has 0 atom stereocenters. The van der Waals surface area contributed by atoms with Crippen molar-refractivity contribution in [3.05, 3.63) is 54.6 Å². The quantitative estimate of drug-likeness (QED) is 0.650. The molecule has 6 nitrogen and oxygen atoms in total. The third-order valence-electron chi connectivity index (χ3n) is 3.70. The van der Waals surface area contributed by atoms with Crippen molar-refractivity contribution in [3.63, 3.8) is 0 Å². The summed E-state index contributed by atoms with van der Waals surface area (Å²) in [7, 11) is 0. The minimum atomic E-state index is 0. The number of rotatable bonds is 3. The Kier molecular flexibility index (Phi) is 6.65. The topological polar surface area (TPSA) is 89.2 Å². The number of halogens is 1. The third-order valence-corrected chi connectivity index (χ3v) is 3.70. The molecular formula is C18H22ClN5O. The predicted octanol–water partition coefficient (Wildman–Crippen LogP) is 3.26. The van der Waals surface area contributed by atoms with Gasteiger partial charge in [0.05, 0.1) is 5.69 Å². The fraction of sp³-hybridized carbons (Fsp3) is 0.222. The van der Waals surface area contributed by atoms with Crippen molar-refractivity contribution < 1.29 is 4.74 Å². The number of ether oxygens (including phenoxy) is 1. The SMILES string of the molecule is Cl.NC(=Nc1cccc(Oc2ccccc2)c1)N=C(N)N1CCCC1. The van der Waals surface area contributed by atoms with Gasteiger partial charge in [-0.15, -0.1) is 12.4 Å². The number of benzene rings is 2. The number of aliphatic imine (C=N–C) groups is 2. The Morgan fingerprint density at radius 1 is 0.920 bits per heavy atom. The van der Waals surface area contributed by atoms with Crippen LogP contribution in [0.3, 0.4) is 0 Å². The molecule has 1 aliphatic rings. The first-order valence-corrected chi connectivity index (χ1v) is 7.97. The Balaban J connectivity index is 0.00000225. The first-order chi connectivity index (χ1) is 11.7. The van der Waals surface area contributed by atoms with Gasteiger partial charge in [-0.3, -0.25) is 0 Å². The second kappa shape index (κ2) is 8.94. The van der Waals surface area contributed by atoms with E-state index in [1.54, 1.807) is 6.07 Å². The van der Waals surface area contributed by atoms with Crippen molar-refractivity contribution in [2.45, 2.75) is 12.8 Å². The lowest BCUT2D eigenvalue weighted by molar-refractivity contribution is 0.483. The van der Waals surface area contributed by atoms with Gasteiger partial charge in [-0.2, -0.15) is 4.99 Å². The Morgan fingerprint density at radius 3 is 2.32 bits per heavy atom. The van der Waals surface area contributed by atoms with Crippen LogP contribution in [0.1, 0.15) is 12.8 Å². The summed E-state index contributed by atoms with van der Waals surface area (Å²) < 4.78 is 5.78. The van der Waals surface area contributed by atoms with Gasteiger partial charge in [0, 0.05) is 19.2 Å². The van der Waals surface area contributed by atoms with E-state index in [2.05, 4.69) is 9.98 Å². The zero-order chi connectivity index (χ0) is 16.8. The monoisotopic (exact) mass is 359 g/mol. The van der Waals surface area contributed by atoms with E-state index in [-0.39, 0.29) is 18.4 Å². The van der Waals surface area contributed by atoms with Gasteiger partial charge >= 0.3 is 0 Å². The van der Waals surface area contributed by atoms with Crippen molar-refractivity contribution in [2.75, 3.05) is 13.1 Å². The van der Waals surface area contributed by atoms with Gasteiger partial charge in [0.15, 0.2) is 5.96 Å². The molecule has 1 saturated heterocycles. The van der Waals surface area contributed by atoms with Gasteiger partial charge in [0.2, 0.25) is 5.96 Å². The van der Waals surface area contributed by atoms with Crippen molar-refractivity contribution >= 4 is 30.0 Å². The molecule has 1 fully saturated rings. The minimum absolute atomic E-state index is 0. The van der Waals surface area contributed by atoms with Crippen molar-refractivity contribution in [2.24, 2.45) is 21.5 Å². The van der Waals surface area contributed by atoms with Crippen LogP contribution in [-0.4, -0.2) is 29.9 Å². The fourth-order valence-corrected chi connectivity index (χ4v) is 2.53. The lowest BCUT2D eigenvalue weighted by Crippen LogP contribution is -2.36. The lowest BCUT2D eigenvalue weighted by Gasteiger charge is -2.15. The number of nitrogens with two attached hydrogens (primary N) is 2. The van der Waals surface area contributed by atoms with Crippen LogP contribution in [0.15, 0.2) is 64.6 Å². The van der Waals surface area contributed by atoms with Gasteiger partial charge in [-0.1, -0.05) is 24.3 Å². The van der Waals surface area contributed by atoms with E-state index < -0.39 is 0 Å². The van der Waals surface area contributed by atoms with Crippen LogP contribution in [0.25, 0.3) is 0 Å². The predicted molar refractivity (Wildman–Crippen MR) is 104 cm³/mol. The smallest absolute Gasteiger partial charge is 0.223 e. The number of para-hydroxylation sites is 1. The highest BCUT2D eigenvalue weighted by molar-refractivity contribution is 5.94. The largest absolute Gasteiger partial charge is 0.457 e. The summed E-state index contributed by atoms with van der Waals surface area (Å²) in [5.41, 5.74) is 12.5. The molecule has 0 unspecified atom stereocenters. The molecule has 25 heavy (non-hydrogen) atoms. The highest BCUT2D eigenvalue weighted by Gasteiger charge is 2.13. The standard InChI is InChI=1S/C18H21N5O.ClH/c19-17(22-18(20)23-11-4-5-12-23)21-14-7-6-10-16(13-14)24-15-8-2-1-3-9-15;/h1-3,6-10,13H,4-5,11-12H2,(H4,19,20,21,22);1H. The molecule has 0 aromatic heterocycles. The maximum Gasteiger partial charge on any atom is 0.223 e. The van der Waals surface area contributed by atoms with Crippen LogP contribution in [0.2, 0.25) is 0 Å². The highest BCUT2D eigenvalue weighted by Crippen LogP contribution is 2.25. The summed E-state index contributed by atoms with van der Waals surface area (Å²) in [6.45, 7) is 1.84. The van der Waals surface area contributed by atoms with Gasteiger partial charge in [-0.05, 0) is 37.1 Å². The highest BCUT2D eigenvalue weighted by atomic mass is 35.5. The van der Waals surface area contributed by atoms with E-state index in [0.717, 1.165) is 31.7 Å². The van der Waals surface area contributed by atoms with Crippen LogP contribution < -0.4 is 16.2 Å². The van der Waals surface area contributed by atoms with Crippen molar-refractivity contribution in [1.29, 1.82) is 0 Å². The first-order valence-electron chi connectivity index (χ1n) is 7.97. The summed E-state index contributed by atoms with van der Waals surface area (Å²) in [5.74, 6) is 2.01. The van der Waals surface area contributed by atoms with E-state index in [9.17, 15) is 0 Å². The molecule has 1 aliphatic heterocycles. The molecule has 0 amide bonds. The van der Waals surface area contributed by atoms with Crippen LogP contribution in [0.5, 0.6) is 11.5 Å². The van der Waals surface area contributed by atoms with Gasteiger partial charge < -0.3 is 21.1 Å². The number of guanidine groups is 2. The average Bonchev–Trinajstić information content (AvgIpc) is 3.10. The summed E-state index contributed by atoms with van der Waals surface area (Å²) in [6.07, 6.45) is 2.26. The Bertz CT molecular complexity index is 742. The molecule has 2 aromatic carbocycles. The lowest BCUT2D eigenvalue weighted by atomic mass is 10.3. The number of likely N-dealkylation sites (tertiary alicyclic amines) is 1. The van der Waals surface area contributed by atoms with Gasteiger partial charge in [0.25, 0.3) is 0 Å². The molecule has 2 aromatic rings. The molecule has 7 heteroatoms. The van der Waals surface area contributed by atoms with E-state index in [4.69, 9.17) is 16.2 Å². The third kappa shape index (κ3) is 5.39. The average molecular weight is 360 g/mol. The molecular weight excluding hydrogens is 338 g/mol. The minimum Gasteiger partial charge on any atom is -0.457 e. The Hall–Kier alpha value is -2.73. The molecule has 132 valence electrons. The normalized spacial score (nSPS) is 15.0. The van der Waals surface area contributed by atoms with Crippen molar-refractivity contribution in [3.8, 4) is 11.5 Å². The van der Waals surface area contributed by atoms with Gasteiger partial charge in [-0.25, -0.2) is 4.99 Å². The van der Waals surface area contributed by atoms with Crippen LogP contribution in [0, 0.1) is 0 Å². The zero-order valence-electron chi connectivity index (χ0n) is 13.8. The number of nitrogens with zero attached hydrogens (tertiary/aromatic N) is 3. The summed E-state index contributed by atoms with van der Waals surface area (Å²) in [4.78, 5) is 10.5. The van der Waals surface area contributed by atoms with E-state index in [1.165, 1.54) is 0 Å². The second-order valence-electron chi connectivity index (χ2n) is 5.55. The van der Waals surface area contributed by atoms with Crippen LogP contribution in [-0.2, 0) is 0 Å². The number of hydrogen-bond donors (Lipinski definition) is 2. The molecule has 4 N–H and O–H groups in total. The van der Waals surface area contributed by atoms with E-state index >= 15 is 0 Å². The molecule has 0 saturated carbocycles. The molecule has 0 spiro atoms. The summed E-state index contributed by atoms with van der Waals surface area (Å²) in [6, 6.07) is 16.9. The molecule has 3 rings (SSSR count). The maximum atomic E-state index is 5.96. The number of hydrogen-bond acceptors (Lipinski definition) is 2. The second-order valence-corrected chi connectivity index (χ2v) is 5.55. The van der Waals surface area contributed by atoms with Gasteiger partial charge in [0.1, 0.15) is 11.5 Å². The molecule has 1 heterocycles. The fourth-order valence-electron chi connectivity index (χ4n) is 2.53. The molecule has 0 aliphatic carbocycles. The summed E-state index contributed by atoms with van der Waals surface area (Å²) >= 11 is 0.